The lowest BCUT2D eigenvalue weighted by molar-refractivity contribution is 0.112. The minimum absolute atomic E-state index is 0.0239. The van der Waals surface area contributed by atoms with Gasteiger partial charge >= 0.3 is 0 Å². The van der Waals surface area contributed by atoms with Crippen molar-refractivity contribution in [1.29, 1.82) is 0 Å². The Hall–Kier alpha value is -1.69. The minimum atomic E-state index is -0.764. The maximum absolute atomic E-state index is 13.6. The van der Waals surface area contributed by atoms with Gasteiger partial charge in [-0.05, 0) is 23.9 Å². The molecule has 0 aliphatic heterocycles. The van der Waals surface area contributed by atoms with Crippen molar-refractivity contribution in [3.63, 3.8) is 0 Å². The Labute approximate surface area is 100 Å². The Morgan fingerprint density at radius 1 is 1.35 bits per heavy atom. The molecule has 2 aromatic rings. The first-order chi connectivity index (χ1) is 8.11. The molecule has 0 bridgehead atoms. The lowest BCUT2D eigenvalue weighted by Crippen LogP contribution is -1.95. The molecule has 0 radical (unpaired) electrons. The molecule has 2 rings (SSSR count). The molecule has 6 heteroatoms. The zero-order chi connectivity index (χ0) is 12.4. The Bertz CT molecular complexity index is 545. The fourth-order valence-corrected chi connectivity index (χ4v) is 2.10. The van der Waals surface area contributed by atoms with E-state index in [1.165, 1.54) is 6.20 Å². The first-order valence-corrected chi connectivity index (χ1v) is 5.53. The SMILES string of the molecule is Cn1ccnc1Sc1c(F)cc(C=O)cc1F. The molecule has 0 aliphatic carbocycles. The van der Waals surface area contributed by atoms with E-state index in [2.05, 4.69) is 4.98 Å². The second-order valence-corrected chi connectivity index (χ2v) is 4.33. The summed E-state index contributed by atoms with van der Waals surface area (Å²) in [6.07, 6.45) is 3.62. The Morgan fingerprint density at radius 2 is 2.00 bits per heavy atom. The third-order valence-electron chi connectivity index (χ3n) is 2.13. The number of halogens is 2. The number of hydrogen-bond donors (Lipinski definition) is 0. The topological polar surface area (TPSA) is 34.9 Å². The minimum Gasteiger partial charge on any atom is -0.329 e. The lowest BCUT2D eigenvalue weighted by atomic mass is 10.2. The van der Waals surface area contributed by atoms with Gasteiger partial charge in [0.25, 0.3) is 0 Å². The molecule has 0 unspecified atom stereocenters. The van der Waals surface area contributed by atoms with E-state index in [4.69, 9.17) is 0 Å². The fourth-order valence-electron chi connectivity index (χ4n) is 1.29. The fraction of sp³-hybridized carbons (Fsp3) is 0.0909. The van der Waals surface area contributed by atoms with Gasteiger partial charge in [0.05, 0.1) is 4.90 Å². The highest BCUT2D eigenvalue weighted by molar-refractivity contribution is 7.99. The molecule has 1 aromatic carbocycles. The highest BCUT2D eigenvalue weighted by atomic mass is 32.2. The number of benzene rings is 1. The molecule has 0 aliphatic rings. The third-order valence-corrected chi connectivity index (χ3v) is 3.30. The average molecular weight is 254 g/mol. The van der Waals surface area contributed by atoms with E-state index in [-0.39, 0.29) is 10.5 Å². The number of aromatic nitrogens is 2. The summed E-state index contributed by atoms with van der Waals surface area (Å²) in [4.78, 5) is 14.2. The third kappa shape index (κ3) is 2.36. The molecule has 0 saturated carbocycles. The van der Waals surface area contributed by atoms with E-state index in [0.29, 0.717) is 11.4 Å². The number of carbonyl (C=O) groups excluding carboxylic acids is 1. The summed E-state index contributed by atoms with van der Waals surface area (Å²) in [5.41, 5.74) is -0.0239. The van der Waals surface area contributed by atoms with Gasteiger partial charge < -0.3 is 4.57 Å². The summed E-state index contributed by atoms with van der Waals surface area (Å²) in [5.74, 6) is -1.53. The van der Waals surface area contributed by atoms with Crippen LogP contribution in [0.5, 0.6) is 0 Å². The largest absolute Gasteiger partial charge is 0.329 e. The van der Waals surface area contributed by atoms with Crippen LogP contribution in [0, 0.1) is 11.6 Å². The molecule has 3 nitrogen and oxygen atoms in total. The van der Waals surface area contributed by atoms with Crippen LogP contribution < -0.4 is 0 Å². The van der Waals surface area contributed by atoms with Crippen LogP contribution in [0.25, 0.3) is 0 Å². The van der Waals surface area contributed by atoms with Crippen LogP contribution in [0.4, 0.5) is 8.78 Å². The van der Waals surface area contributed by atoms with Crippen molar-refractivity contribution in [2.45, 2.75) is 10.1 Å². The predicted molar refractivity (Wildman–Crippen MR) is 59.1 cm³/mol. The zero-order valence-corrected chi connectivity index (χ0v) is 9.67. The van der Waals surface area contributed by atoms with Crippen molar-refractivity contribution < 1.29 is 13.6 Å². The molecule has 0 saturated heterocycles. The molecule has 0 N–H and O–H groups in total. The van der Waals surface area contributed by atoms with Crippen LogP contribution >= 0.6 is 11.8 Å². The molecule has 0 atom stereocenters. The van der Waals surface area contributed by atoms with E-state index >= 15 is 0 Å². The van der Waals surface area contributed by atoms with Gasteiger partial charge in [-0.3, -0.25) is 4.79 Å². The lowest BCUT2D eigenvalue weighted by Gasteiger charge is -2.05. The van der Waals surface area contributed by atoms with Crippen LogP contribution in [0.1, 0.15) is 10.4 Å². The van der Waals surface area contributed by atoms with Gasteiger partial charge in [-0.2, -0.15) is 0 Å². The van der Waals surface area contributed by atoms with E-state index in [1.807, 2.05) is 0 Å². The van der Waals surface area contributed by atoms with Crippen LogP contribution in [-0.4, -0.2) is 15.8 Å². The van der Waals surface area contributed by atoms with Gasteiger partial charge in [-0.1, -0.05) is 0 Å². The van der Waals surface area contributed by atoms with Gasteiger partial charge in [-0.25, -0.2) is 13.8 Å². The first-order valence-electron chi connectivity index (χ1n) is 4.71. The van der Waals surface area contributed by atoms with Crippen molar-refractivity contribution in [3.8, 4) is 0 Å². The number of aryl methyl sites for hydroxylation is 1. The summed E-state index contributed by atoms with van der Waals surface area (Å²) in [6, 6.07) is 2.00. The standard InChI is InChI=1S/C11H8F2N2OS/c1-15-3-2-14-11(15)17-10-8(12)4-7(6-16)5-9(10)13/h2-6H,1H3. The van der Waals surface area contributed by atoms with E-state index in [1.54, 1.807) is 17.8 Å². The summed E-state index contributed by atoms with van der Waals surface area (Å²) in [7, 11) is 1.73. The van der Waals surface area contributed by atoms with E-state index in [0.717, 1.165) is 23.9 Å². The summed E-state index contributed by atoms with van der Waals surface area (Å²) >= 11 is 0.879. The summed E-state index contributed by atoms with van der Waals surface area (Å²) in [5, 5.41) is 0.474. The molecular weight excluding hydrogens is 246 g/mol. The number of aldehydes is 1. The normalized spacial score (nSPS) is 10.5. The number of carbonyl (C=O) groups is 1. The Morgan fingerprint density at radius 3 is 2.47 bits per heavy atom. The molecule has 88 valence electrons. The van der Waals surface area contributed by atoms with Crippen molar-refractivity contribution in [3.05, 3.63) is 41.7 Å². The van der Waals surface area contributed by atoms with E-state index in [9.17, 15) is 13.6 Å². The molecule has 17 heavy (non-hydrogen) atoms. The second-order valence-electron chi connectivity index (χ2n) is 3.35. The second kappa shape index (κ2) is 4.67. The van der Waals surface area contributed by atoms with Crippen LogP contribution in [0.2, 0.25) is 0 Å². The van der Waals surface area contributed by atoms with Gasteiger partial charge in [0, 0.05) is 25.0 Å². The highest BCUT2D eigenvalue weighted by Gasteiger charge is 2.14. The predicted octanol–water partition coefficient (Wildman–Crippen LogP) is 2.66. The molecule has 1 aromatic heterocycles. The monoisotopic (exact) mass is 254 g/mol. The number of rotatable bonds is 3. The van der Waals surface area contributed by atoms with Crippen LogP contribution in [0.15, 0.2) is 34.6 Å². The van der Waals surface area contributed by atoms with Crippen molar-refractivity contribution >= 4 is 18.0 Å². The Kier molecular flexibility index (Phi) is 3.23. The van der Waals surface area contributed by atoms with Gasteiger partial charge in [0.2, 0.25) is 0 Å². The summed E-state index contributed by atoms with van der Waals surface area (Å²) < 4.78 is 28.8. The van der Waals surface area contributed by atoms with Crippen LogP contribution in [-0.2, 0) is 7.05 Å². The first kappa shape index (κ1) is 11.8. The van der Waals surface area contributed by atoms with Crippen molar-refractivity contribution in [1.82, 2.24) is 9.55 Å². The highest BCUT2D eigenvalue weighted by Crippen LogP contribution is 2.31. The maximum atomic E-state index is 13.6. The summed E-state index contributed by atoms with van der Waals surface area (Å²) in [6.45, 7) is 0. The maximum Gasteiger partial charge on any atom is 0.172 e. The molecule has 1 heterocycles. The number of nitrogens with zero attached hydrogens (tertiary/aromatic N) is 2. The molecular formula is C11H8F2N2OS. The average Bonchev–Trinajstić information content (AvgIpc) is 2.69. The van der Waals surface area contributed by atoms with Gasteiger partial charge in [-0.15, -0.1) is 0 Å². The Balaban J connectivity index is 2.40. The molecule has 0 amide bonds. The van der Waals surface area contributed by atoms with Crippen molar-refractivity contribution in [2.24, 2.45) is 7.05 Å². The smallest absolute Gasteiger partial charge is 0.172 e. The zero-order valence-electron chi connectivity index (χ0n) is 8.85. The van der Waals surface area contributed by atoms with Gasteiger partial charge in [0.15, 0.2) is 5.16 Å². The number of imidazole rings is 1. The van der Waals surface area contributed by atoms with Crippen molar-refractivity contribution in [2.75, 3.05) is 0 Å². The van der Waals surface area contributed by atoms with Gasteiger partial charge in [0.1, 0.15) is 17.9 Å². The quantitative estimate of drug-likeness (QED) is 0.790. The molecule has 0 fully saturated rings. The number of hydrogen-bond acceptors (Lipinski definition) is 3. The van der Waals surface area contributed by atoms with E-state index < -0.39 is 11.6 Å². The van der Waals surface area contributed by atoms with Crippen LogP contribution in [0.3, 0.4) is 0 Å². The molecule has 0 spiro atoms.